The van der Waals surface area contributed by atoms with Crippen LogP contribution >= 0.6 is 0 Å². The molecule has 1 saturated heterocycles. The van der Waals surface area contributed by atoms with Gasteiger partial charge in [0.05, 0.1) is 12.6 Å². The lowest BCUT2D eigenvalue weighted by Crippen LogP contribution is -2.51. The summed E-state index contributed by atoms with van der Waals surface area (Å²) in [5, 5.41) is 13.2. The van der Waals surface area contributed by atoms with Crippen LogP contribution in [-0.4, -0.2) is 69.5 Å². The normalized spacial score (nSPS) is 16.4. The predicted molar refractivity (Wildman–Crippen MR) is 142 cm³/mol. The highest BCUT2D eigenvalue weighted by Crippen LogP contribution is 2.33. The van der Waals surface area contributed by atoms with Crippen LogP contribution in [0.15, 0.2) is 71.4 Å². The van der Waals surface area contributed by atoms with Gasteiger partial charge in [0.2, 0.25) is 5.91 Å². The molecule has 2 aromatic carbocycles. The molecule has 9 nitrogen and oxygen atoms in total. The SMILES string of the molecule is O=C(c1ccc(-c2cc3ncnc(N[C@H](CO)c4ccccc4)c3o2)cc1)N1CCN(C(=O)C2CC2)CC1. The van der Waals surface area contributed by atoms with Crippen LogP contribution in [0, 0.1) is 5.92 Å². The summed E-state index contributed by atoms with van der Waals surface area (Å²) in [6.45, 7) is 2.18. The maximum atomic E-state index is 13.1. The number of benzene rings is 2. The van der Waals surface area contributed by atoms with E-state index in [0.29, 0.717) is 54.4 Å². The van der Waals surface area contributed by atoms with Gasteiger partial charge in [-0.1, -0.05) is 42.5 Å². The van der Waals surface area contributed by atoms with Gasteiger partial charge in [0.1, 0.15) is 17.6 Å². The number of anilines is 1. The summed E-state index contributed by atoms with van der Waals surface area (Å²) in [6, 6.07) is 18.5. The third-order valence-electron chi connectivity index (χ3n) is 7.23. The number of nitrogens with zero attached hydrogens (tertiary/aromatic N) is 4. The summed E-state index contributed by atoms with van der Waals surface area (Å²) >= 11 is 0. The molecule has 2 fully saturated rings. The number of hydrogen-bond acceptors (Lipinski definition) is 7. The van der Waals surface area contributed by atoms with E-state index in [2.05, 4.69) is 15.3 Å². The first-order chi connectivity index (χ1) is 18.6. The molecule has 2 aromatic heterocycles. The molecule has 1 aliphatic heterocycles. The zero-order valence-corrected chi connectivity index (χ0v) is 20.9. The van der Waals surface area contributed by atoms with Crippen molar-refractivity contribution in [2.75, 3.05) is 38.1 Å². The number of furan rings is 1. The molecule has 194 valence electrons. The topological polar surface area (TPSA) is 112 Å². The van der Waals surface area contributed by atoms with Crippen molar-refractivity contribution in [1.82, 2.24) is 19.8 Å². The first kappa shape index (κ1) is 24.1. The van der Waals surface area contributed by atoms with Gasteiger partial charge in [0, 0.05) is 49.3 Å². The minimum absolute atomic E-state index is 0.0343. The molecule has 1 atom stereocenters. The van der Waals surface area contributed by atoms with Gasteiger partial charge in [0.15, 0.2) is 11.4 Å². The van der Waals surface area contributed by atoms with Gasteiger partial charge in [0.25, 0.3) is 5.91 Å². The fourth-order valence-corrected chi connectivity index (χ4v) is 4.86. The number of aromatic nitrogens is 2. The molecule has 0 bridgehead atoms. The maximum absolute atomic E-state index is 13.1. The third kappa shape index (κ3) is 4.84. The number of fused-ring (bicyclic) bond motifs is 1. The minimum Gasteiger partial charge on any atom is -0.450 e. The molecule has 3 heterocycles. The Morgan fingerprint density at radius 3 is 2.37 bits per heavy atom. The van der Waals surface area contributed by atoms with Crippen molar-refractivity contribution in [3.05, 3.63) is 78.1 Å². The van der Waals surface area contributed by atoms with Gasteiger partial charge < -0.3 is 24.6 Å². The lowest BCUT2D eigenvalue weighted by molar-refractivity contribution is -0.134. The number of carbonyl (C=O) groups excluding carboxylic acids is 2. The van der Waals surface area contributed by atoms with Crippen molar-refractivity contribution in [2.45, 2.75) is 18.9 Å². The van der Waals surface area contributed by atoms with Crippen LogP contribution in [-0.2, 0) is 4.79 Å². The van der Waals surface area contributed by atoms with E-state index in [-0.39, 0.29) is 30.4 Å². The van der Waals surface area contributed by atoms with Gasteiger partial charge in [-0.2, -0.15) is 0 Å². The molecule has 4 aromatic rings. The van der Waals surface area contributed by atoms with E-state index >= 15 is 0 Å². The number of carbonyl (C=O) groups is 2. The standard InChI is InChI=1S/C29H29N5O4/c35-17-24(19-4-2-1-3-5-19)32-27-26-23(30-18-31-27)16-25(38-26)20-6-8-21(9-7-20)28(36)33-12-14-34(15-13-33)29(37)22-10-11-22/h1-9,16,18,22,24,35H,10-15,17H2,(H,30,31,32)/t24-/m1/s1. The first-order valence-corrected chi connectivity index (χ1v) is 13.0. The number of hydrogen-bond donors (Lipinski definition) is 2. The highest BCUT2D eigenvalue weighted by Gasteiger charge is 2.35. The Morgan fingerprint density at radius 1 is 0.974 bits per heavy atom. The highest BCUT2D eigenvalue weighted by atomic mass is 16.3. The lowest BCUT2D eigenvalue weighted by atomic mass is 10.1. The summed E-state index contributed by atoms with van der Waals surface area (Å²) in [5.41, 5.74) is 3.48. The van der Waals surface area contributed by atoms with Gasteiger partial charge in [-0.25, -0.2) is 9.97 Å². The Labute approximate surface area is 220 Å². The van der Waals surface area contributed by atoms with Crippen molar-refractivity contribution in [2.24, 2.45) is 5.92 Å². The van der Waals surface area contributed by atoms with E-state index in [1.165, 1.54) is 6.33 Å². The Bertz CT molecular complexity index is 1440. The molecular formula is C29H29N5O4. The summed E-state index contributed by atoms with van der Waals surface area (Å²) in [5.74, 6) is 1.52. The van der Waals surface area contributed by atoms with Crippen LogP contribution in [0.1, 0.15) is 34.8 Å². The van der Waals surface area contributed by atoms with Crippen molar-refractivity contribution < 1.29 is 19.1 Å². The van der Waals surface area contributed by atoms with Crippen LogP contribution in [0.3, 0.4) is 0 Å². The number of aliphatic hydroxyl groups is 1. The predicted octanol–water partition coefficient (Wildman–Crippen LogP) is 3.73. The van der Waals surface area contributed by atoms with Crippen molar-refractivity contribution in [3.8, 4) is 11.3 Å². The van der Waals surface area contributed by atoms with Crippen LogP contribution in [0.5, 0.6) is 0 Å². The van der Waals surface area contributed by atoms with E-state index in [4.69, 9.17) is 4.42 Å². The van der Waals surface area contributed by atoms with Crippen LogP contribution in [0.2, 0.25) is 0 Å². The molecule has 1 saturated carbocycles. The van der Waals surface area contributed by atoms with E-state index in [9.17, 15) is 14.7 Å². The Morgan fingerprint density at radius 2 is 1.68 bits per heavy atom. The van der Waals surface area contributed by atoms with Crippen molar-refractivity contribution >= 4 is 28.7 Å². The molecule has 0 radical (unpaired) electrons. The van der Waals surface area contributed by atoms with E-state index in [1.807, 2.05) is 58.3 Å². The second-order valence-corrected chi connectivity index (χ2v) is 9.81. The largest absolute Gasteiger partial charge is 0.450 e. The van der Waals surface area contributed by atoms with Crippen LogP contribution in [0.25, 0.3) is 22.4 Å². The molecule has 0 unspecified atom stereocenters. The number of rotatable bonds is 7. The molecular weight excluding hydrogens is 482 g/mol. The van der Waals surface area contributed by atoms with Crippen LogP contribution in [0.4, 0.5) is 5.82 Å². The number of aliphatic hydroxyl groups excluding tert-OH is 1. The quantitative estimate of drug-likeness (QED) is 0.389. The summed E-state index contributed by atoms with van der Waals surface area (Å²) < 4.78 is 6.14. The third-order valence-corrected chi connectivity index (χ3v) is 7.23. The zero-order chi connectivity index (χ0) is 26.1. The van der Waals surface area contributed by atoms with E-state index < -0.39 is 0 Å². The first-order valence-electron chi connectivity index (χ1n) is 13.0. The molecule has 6 rings (SSSR count). The molecule has 1 aliphatic carbocycles. The molecule has 2 aliphatic rings. The monoisotopic (exact) mass is 511 g/mol. The van der Waals surface area contributed by atoms with Gasteiger partial charge in [-0.3, -0.25) is 9.59 Å². The van der Waals surface area contributed by atoms with Crippen molar-refractivity contribution in [3.63, 3.8) is 0 Å². The fourth-order valence-electron chi connectivity index (χ4n) is 4.86. The Balaban J connectivity index is 1.16. The number of piperazine rings is 1. The second-order valence-electron chi connectivity index (χ2n) is 9.81. The summed E-state index contributed by atoms with van der Waals surface area (Å²) in [6.07, 6.45) is 3.46. The Kier molecular flexibility index (Phi) is 6.51. The van der Waals surface area contributed by atoms with Gasteiger partial charge in [-0.15, -0.1) is 0 Å². The average Bonchev–Trinajstić information content (AvgIpc) is 3.73. The fraction of sp³-hybridized carbons (Fsp3) is 0.310. The molecule has 2 N–H and O–H groups in total. The number of nitrogens with one attached hydrogen (secondary N) is 1. The highest BCUT2D eigenvalue weighted by molar-refractivity contribution is 5.95. The summed E-state index contributed by atoms with van der Waals surface area (Å²) in [7, 11) is 0. The lowest BCUT2D eigenvalue weighted by Gasteiger charge is -2.35. The van der Waals surface area contributed by atoms with E-state index in [0.717, 1.165) is 24.0 Å². The molecule has 2 amide bonds. The zero-order valence-electron chi connectivity index (χ0n) is 20.9. The number of amides is 2. The molecule has 0 spiro atoms. The van der Waals surface area contributed by atoms with Gasteiger partial charge in [-0.05, 0) is 30.5 Å². The van der Waals surface area contributed by atoms with E-state index in [1.54, 1.807) is 12.1 Å². The second kappa shape index (κ2) is 10.3. The molecule has 9 heteroatoms. The minimum atomic E-state index is -0.346. The maximum Gasteiger partial charge on any atom is 0.253 e. The van der Waals surface area contributed by atoms with Crippen molar-refractivity contribution in [1.29, 1.82) is 0 Å². The van der Waals surface area contributed by atoms with Gasteiger partial charge >= 0.3 is 0 Å². The molecule has 38 heavy (non-hydrogen) atoms. The van der Waals surface area contributed by atoms with Crippen LogP contribution < -0.4 is 5.32 Å². The average molecular weight is 512 g/mol. The smallest absolute Gasteiger partial charge is 0.253 e. The Hall–Kier alpha value is -4.24. The summed E-state index contributed by atoms with van der Waals surface area (Å²) in [4.78, 5) is 37.7.